The van der Waals surface area contributed by atoms with E-state index in [0.717, 1.165) is 17.9 Å². The first-order chi connectivity index (χ1) is 8.72. The molecule has 2 heterocycles. The summed E-state index contributed by atoms with van der Waals surface area (Å²) in [6, 6.07) is 0.680. The lowest BCUT2D eigenvalue weighted by Crippen LogP contribution is -2.37. The van der Waals surface area contributed by atoms with Gasteiger partial charge in [0.25, 0.3) is 0 Å². The smallest absolute Gasteiger partial charge is 0.154 e. The van der Waals surface area contributed by atoms with Crippen LogP contribution in [0.3, 0.4) is 0 Å². The topological polar surface area (TPSA) is 46.9 Å². The van der Waals surface area contributed by atoms with E-state index in [1.807, 2.05) is 13.2 Å². The predicted octanol–water partition coefficient (Wildman–Crippen LogP) is 1.45. The number of ketones is 1. The number of carbonyl (C=O) groups excluding carboxylic acids is 1. The van der Waals surface area contributed by atoms with Crippen molar-refractivity contribution >= 4 is 5.78 Å². The lowest BCUT2D eigenvalue weighted by atomic mass is 9.84. The number of rotatable bonds is 3. The highest BCUT2D eigenvalue weighted by Gasteiger charge is 2.37. The Balaban J connectivity index is 1.60. The van der Waals surface area contributed by atoms with Crippen LogP contribution in [0.25, 0.3) is 0 Å². The number of fused-ring (bicyclic) bond motifs is 1. The van der Waals surface area contributed by atoms with Gasteiger partial charge in [-0.25, -0.2) is 0 Å². The van der Waals surface area contributed by atoms with Crippen molar-refractivity contribution in [3.8, 4) is 0 Å². The van der Waals surface area contributed by atoms with Crippen LogP contribution < -0.4 is 5.32 Å². The summed E-state index contributed by atoms with van der Waals surface area (Å²) in [5.41, 5.74) is 1.03. The second-order valence-electron chi connectivity index (χ2n) is 5.77. The zero-order valence-electron chi connectivity index (χ0n) is 10.9. The molecule has 1 aliphatic heterocycles. The number of carbonyl (C=O) groups is 1. The summed E-state index contributed by atoms with van der Waals surface area (Å²) in [5, 5.41) is 7.66. The molecule has 2 fully saturated rings. The summed E-state index contributed by atoms with van der Waals surface area (Å²) in [6.45, 7) is 0. The van der Waals surface area contributed by atoms with Gasteiger partial charge in [-0.1, -0.05) is 12.8 Å². The molecule has 0 amide bonds. The number of hydrogen-bond acceptors (Lipinski definition) is 3. The van der Waals surface area contributed by atoms with Gasteiger partial charge in [-0.15, -0.1) is 0 Å². The van der Waals surface area contributed by atoms with E-state index in [0.29, 0.717) is 18.2 Å². The van der Waals surface area contributed by atoms with E-state index in [-0.39, 0.29) is 6.04 Å². The zero-order valence-corrected chi connectivity index (χ0v) is 10.9. The normalized spacial score (nSPS) is 31.3. The highest BCUT2D eigenvalue weighted by atomic mass is 16.1. The number of aromatic nitrogens is 2. The van der Waals surface area contributed by atoms with E-state index >= 15 is 0 Å². The van der Waals surface area contributed by atoms with Crippen molar-refractivity contribution in [2.24, 2.45) is 13.0 Å². The number of aryl methyl sites for hydroxylation is 1. The molecular formula is C14H21N3O. The molecular weight excluding hydrogens is 226 g/mol. The molecule has 1 aliphatic carbocycles. The third kappa shape index (κ3) is 2.34. The summed E-state index contributed by atoms with van der Waals surface area (Å²) in [5.74, 6) is 1.07. The fourth-order valence-electron chi connectivity index (χ4n) is 3.45. The fourth-order valence-corrected chi connectivity index (χ4v) is 3.45. The minimum absolute atomic E-state index is 0.0818. The molecule has 4 heteroatoms. The van der Waals surface area contributed by atoms with Crippen LogP contribution in [-0.2, 0) is 18.3 Å². The third-order valence-electron chi connectivity index (χ3n) is 4.39. The van der Waals surface area contributed by atoms with Gasteiger partial charge in [-0.05, 0) is 30.7 Å². The number of Topliss-reactive ketones (excluding diaryl/α,β-unsaturated/α-hetero) is 1. The summed E-state index contributed by atoms with van der Waals surface area (Å²) in [7, 11) is 1.89. The lowest BCUT2D eigenvalue weighted by Gasteiger charge is -2.24. The summed E-state index contributed by atoms with van der Waals surface area (Å²) in [4.78, 5) is 12.3. The van der Waals surface area contributed by atoms with Gasteiger partial charge in [-0.3, -0.25) is 9.48 Å². The SMILES string of the molecule is Cn1cc(CC(=O)C2CC3CCCCC3N2)cn1. The summed E-state index contributed by atoms with van der Waals surface area (Å²) < 4.78 is 1.75. The fraction of sp³-hybridized carbons (Fsp3) is 0.714. The Morgan fingerprint density at radius 1 is 1.50 bits per heavy atom. The third-order valence-corrected chi connectivity index (χ3v) is 4.39. The maximum atomic E-state index is 12.3. The van der Waals surface area contributed by atoms with Crippen LogP contribution in [0.15, 0.2) is 12.4 Å². The second-order valence-corrected chi connectivity index (χ2v) is 5.77. The van der Waals surface area contributed by atoms with Crippen molar-refractivity contribution in [1.82, 2.24) is 15.1 Å². The van der Waals surface area contributed by atoms with E-state index in [1.165, 1.54) is 25.7 Å². The van der Waals surface area contributed by atoms with Crippen molar-refractivity contribution < 1.29 is 4.79 Å². The minimum Gasteiger partial charge on any atom is -0.304 e. The molecule has 3 unspecified atom stereocenters. The molecule has 4 nitrogen and oxygen atoms in total. The Kier molecular flexibility index (Phi) is 3.20. The molecule has 1 aromatic rings. The first kappa shape index (κ1) is 11.9. The highest BCUT2D eigenvalue weighted by molar-refractivity contribution is 5.86. The average molecular weight is 247 g/mol. The number of nitrogens with one attached hydrogen (secondary N) is 1. The Hall–Kier alpha value is -1.16. The van der Waals surface area contributed by atoms with Gasteiger partial charge in [0.05, 0.1) is 12.2 Å². The standard InChI is InChI=1S/C14H21N3O/c1-17-9-10(8-15-17)6-14(18)13-7-11-4-2-3-5-12(11)16-13/h8-9,11-13,16H,2-7H2,1H3. The van der Waals surface area contributed by atoms with Crippen LogP contribution in [0.2, 0.25) is 0 Å². The van der Waals surface area contributed by atoms with Gasteiger partial charge in [0, 0.05) is 25.7 Å². The molecule has 1 saturated carbocycles. The molecule has 0 aromatic carbocycles. The van der Waals surface area contributed by atoms with E-state index in [2.05, 4.69) is 10.4 Å². The van der Waals surface area contributed by atoms with E-state index in [9.17, 15) is 4.79 Å². The second kappa shape index (κ2) is 4.84. The molecule has 98 valence electrons. The summed E-state index contributed by atoms with van der Waals surface area (Å²) in [6.07, 6.45) is 10.5. The predicted molar refractivity (Wildman–Crippen MR) is 69.2 cm³/mol. The summed E-state index contributed by atoms with van der Waals surface area (Å²) >= 11 is 0. The lowest BCUT2D eigenvalue weighted by molar-refractivity contribution is -0.120. The molecule has 3 atom stereocenters. The van der Waals surface area contributed by atoms with Gasteiger partial charge < -0.3 is 5.32 Å². The van der Waals surface area contributed by atoms with Crippen LogP contribution in [0.4, 0.5) is 0 Å². The Morgan fingerprint density at radius 2 is 2.33 bits per heavy atom. The Labute approximate surface area is 108 Å². The largest absolute Gasteiger partial charge is 0.304 e. The van der Waals surface area contributed by atoms with Crippen LogP contribution in [0.5, 0.6) is 0 Å². The van der Waals surface area contributed by atoms with Crippen molar-refractivity contribution in [3.63, 3.8) is 0 Å². The van der Waals surface area contributed by atoms with Gasteiger partial charge >= 0.3 is 0 Å². The molecule has 2 aliphatic rings. The zero-order chi connectivity index (χ0) is 12.5. The molecule has 1 saturated heterocycles. The van der Waals surface area contributed by atoms with Gasteiger partial charge in [-0.2, -0.15) is 5.10 Å². The van der Waals surface area contributed by atoms with Gasteiger partial charge in [0.15, 0.2) is 5.78 Å². The van der Waals surface area contributed by atoms with Gasteiger partial charge in [0.2, 0.25) is 0 Å². The van der Waals surface area contributed by atoms with Crippen molar-refractivity contribution in [1.29, 1.82) is 0 Å². The van der Waals surface area contributed by atoms with E-state index in [1.54, 1.807) is 10.9 Å². The van der Waals surface area contributed by atoms with Crippen LogP contribution >= 0.6 is 0 Å². The molecule has 1 N–H and O–H groups in total. The van der Waals surface area contributed by atoms with E-state index < -0.39 is 0 Å². The first-order valence-corrected chi connectivity index (χ1v) is 6.98. The quantitative estimate of drug-likeness (QED) is 0.879. The molecule has 0 spiro atoms. The van der Waals surface area contributed by atoms with Gasteiger partial charge in [0.1, 0.15) is 0 Å². The van der Waals surface area contributed by atoms with Crippen LogP contribution in [-0.4, -0.2) is 27.6 Å². The van der Waals surface area contributed by atoms with Crippen LogP contribution in [0.1, 0.15) is 37.7 Å². The molecule has 18 heavy (non-hydrogen) atoms. The van der Waals surface area contributed by atoms with Crippen molar-refractivity contribution in [2.75, 3.05) is 0 Å². The molecule has 1 aromatic heterocycles. The van der Waals surface area contributed by atoms with Crippen molar-refractivity contribution in [3.05, 3.63) is 18.0 Å². The maximum Gasteiger partial charge on any atom is 0.154 e. The molecule has 0 radical (unpaired) electrons. The first-order valence-electron chi connectivity index (χ1n) is 6.98. The minimum atomic E-state index is 0.0818. The number of hydrogen-bond donors (Lipinski definition) is 1. The average Bonchev–Trinajstić information content (AvgIpc) is 2.95. The maximum absolute atomic E-state index is 12.3. The van der Waals surface area contributed by atoms with E-state index in [4.69, 9.17) is 0 Å². The van der Waals surface area contributed by atoms with Crippen LogP contribution in [0, 0.1) is 5.92 Å². The Bertz CT molecular complexity index is 426. The number of nitrogens with zero attached hydrogens (tertiary/aromatic N) is 2. The van der Waals surface area contributed by atoms with Crippen molar-refractivity contribution in [2.45, 2.75) is 50.6 Å². The monoisotopic (exact) mass is 247 g/mol. The Morgan fingerprint density at radius 3 is 3.06 bits per heavy atom. The highest BCUT2D eigenvalue weighted by Crippen LogP contribution is 2.33. The molecule has 0 bridgehead atoms. The molecule has 3 rings (SSSR count).